The van der Waals surface area contributed by atoms with Gasteiger partial charge < -0.3 is 10.5 Å². The largest absolute Gasteiger partial charge is 0.372 e. The fourth-order valence-electron chi connectivity index (χ4n) is 1.95. The fourth-order valence-corrected chi connectivity index (χ4v) is 2.95. The SMILES string of the molecule is Cc1sc(CCN)nc1C1CCCCO1. The van der Waals surface area contributed by atoms with Crippen molar-refractivity contribution in [1.29, 1.82) is 0 Å². The first-order valence-electron chi connectivity index (χ1n) is 5.59. The second-order valence-electron chi connectivity index (χ2n) is 3.94. The van der Waals surface area contributed by atoms with E-state index in [1.54, 1.807) is 11.3 Å². The fraction of sp³-hybridized carbons (Fsp3) is 0.727. The van der Waals surface area contributed by atoms with Crippen LogP contribution in [0.15, 0.2) is 0 Å². The van der Waals surface area contributed by atoms with E-state index in [9.17, 15) is 0 Å². The summed E-state index contributed by atoms with van der Waals surface area (Å²) in [5.41, 5.74) is 6.69. The zero-order valence-electron chi connectivity index (χ0n) is 9.16. The van der Waals surface area contributed by atoms with Crippen molar-refractivity contribution >= 4 is 11.3 Å². The molecule has 1 aromatic rings. The van der Waals surface area contributed by atoms with E-state index in [-0.39, 0.29) is 6.10 Å². The Hall–Kier alpha value is -0.450. The van der Waals surface area contributed by atoms with Crippen molar-refractivity contribution in [3.8, 4) is 0 Å². The number of nitrogens with zero attached hydrogens (tertiary/aromatic N) is 1. The Morgan fingerprint density at radius 3 is 3.07 bits per heavy atom. The van der Waals surface area contributed by atoms with Gasteiger partial charge in [0.15, 0.2) is 0 Å². The molecule has 1 unspecified atom stereocenters. The Morgan fingerprint density at radius 2 is 2.40 bits per heavy atom. The van der Waals surface area contributed by atoms with Crippen molar-refractivity contribution in [2.75, 3.05) is 13.2 Å². The lowest BCUT2D eigenvalue weighted by molar-refractivity contribution is 0.0122. The number of aromatic nitrogens is 1. The third-order valence-electron chi connectivity index (χ3n) is 2.72. The van der Waals surface area contributed by atoms with E-state index in [2.05, 4.69) is 11.9 Å². The molecule has 0 spiro atoms. The Balaban J connectivity index is 2.11. The van der Waals surface area contributed by atoms with E-state index in [0.717, 1.165) is 30.2 Å². The van der Waals surface area contributed by atoms with Crippen LogP contribution >= 0.6 is 11.3 Å². The second-order valence-corrected chi connectivity index (χ2v) is 5.23. The highest BCUT2D eigenvalue weighted by Crippen LogP contribution is 2.31. The Bertz CT molecular complexity index is 318. The van der Waals surface area contributed by atoms with Gasteiger partial charge in [-0.3, -0.25) is 0 Å². The number of hydrogen-bond acceptors (Lipinski definition) is 4. The van der Waals surface area contributed by atoms with Crippen LogP contribution < -0.4 is 5.73 Å². The maximum absolute atomic E-state index is 5.75. The van der Waals surface area contributed by atoms with Gasteiger partial charge in [0, 0.05) is 17.9 Å². The zero-order chi connectivity index (χ0) is 10.7. The predicted molar refractivity (Wildman–Crippen MR) is 62.2 cm³/mol. The number of rotatable bonds is 3. The summed E-state index contributed by atoms with van der Waals surface area (Å²) in [5, 5.41) is 1.15. The van der Waals surface area contributed by atoms with Gasteiger partial charge in [0.05, 0.1) is 10.7 Å². The number of ether oxygens (including phenoxy) is 1. The van der Waals surface area contributed by atoms with Crippen molar-refractivity contribution in [1.82, 2.24) is 4.98 Å². The van der Waals surface area contributed by atoms with Crippen molar-refractivity contribution < 1.29 is 4.74 Å². The minimum Gasteiger partial charge on any atom is -0.372 e. The summed E-state index contributed by atoms with van der Waals surface area (Å²) >= 11 is 1.76. The Kier molecular flexibility index (Phi) is 3.72. The molecule has 0 amide bonds. The van der Waals surface area contributed by atoms with Crippen LogP contribution in [0.4, 0.5) is 0 Å². The highest BCUT2D eigenvalue weighted by Gasteiger charge is 2.21. The number of nitrogens with two attached hydrogens (primary N) is 1. The first-order chi connectivity index (χ1) is 7.31. The van der Waals surface area contributed by atoms with Crippen LogP contribution in [-0.2, 0) is 11.2 Å². The maximum atomic E-state index is 5.75. The molecule has 84 valence electrons. The molecular formula is C11H18N2OS. The van der Waals surface area contributed by atoms with Gasteiger partial charge >= 0.3 is 0 Å². The van der Waals surface area contributed by atoms with E-state index in [4.69, 9.17) is 10.5 Å². The molecule has 2 rings (SSSR count). The first-order valence-corrected chi connectivity index (χ1v) is 6.41. The van der Waals surface area contributed by atoms with Crippen molar-refractivity contribution in [2.45, 2.75) is 38.7 Å². The summed E-state index contributed by atoms with van der Waals surface area (Å²) in [7, 11) is 0. The van der Waals surface area contributed by atoms with Crippen molar-refractivity contribution in [3.05, 3.63) is 15.6 Å². The average molecular weight is 226 g/mol. The normalized spacial score (nSPS) is 21.9. The molecule has 0 aliphatic carbocycles. The van der Waals surface area contributed by atoms with Gasteiger partial charge in [-0.1, -0.05) is 0 Å². The third-order valence-corrected chi connectivity index (χ3v) is 3.77. The van der Waals surface area contributed by atoms with Crippen LogP contribution in [0.25, 0.3) is 0 Å². The average Bonchev–Trinajstić information content (AvgIpc) is 2.61. The molecule has 0 bridgehead atoms. The van der Waals surface area contributed by atoms with Crippen molar-refractivity contribution in [3.63, 3.8) is 0 Å². The van der Waals surface area contributed by atoms with Gasteiger partial charge in [-0.2, -0.15) is 0 Å². The Labute approximate surface area is 94.7 Å². The number of thiazole rings is 1. The molecule has 15 heavy (non-hydrogen) atoms. The molecule has 0 saturated carbocycles. The lowest BCUT2D eigenvalue weighted by Gasteiger charge is -2.21. The monoisotopic (exact) mass is 226 g/mol. The van der Waals surface area contributed by atoms with Gasteiger partial charge in [-0.15, -0.1) is 11.3 Å². The lowest BCUT2D eigenvalue weighted by atomic mass is 10.1. The standard InChI is InChI=1S/C11H18N2OS/c1-8-11(9-4-2-3-7-14-9)13-10(15-8)5-6-12/h9H,2-7,12H2,1H3. The maximum Gasteiger partial charge on any atom is 0.101 e. The van der Waals surface area contributed by atoms with Gasteiger partial charge in [-0.05, 0) is 32.7 Å². The molecule has 1 aromatic heterocycles. The van der Waals surface area contributed by atoms with E-state index in [1.807, 2.05) is 0 Å². The summed E-state index contributed by atoms with van der Waals surface area (Å²) in [5.74, 6) is 0. The van der Waals surface area contributed by atoms with Crippen LogP contribution in [0, 0.1) is 6.92 Å². The van der Waals surface area contributed by atoms with E-state index in [1.165, 1.54) is 17.7 Å². The zero-order valence-corrected chi connectivity index (χ0v) is 9.98. The molecular weight excluding hydrogens is 208 g/mol. The van der Waals surface area contributed by atoms with E-state index >= 15 is 0 Å². The van der Waals surface area contributed by atoms with Crippen LogP contribution in [0.3, 0.4) is 0 Å². The summed E-state index contributed by atoms with van der Waals surface area (Å²) in [4.78, 5) is 5.93. The Morgan fingerprint density at radius 1 is 1.53 bits per heavy atom. The molecule has 2 heterocycles. The second kappa shape index (κ2) is 5.05. The molecule has 0 aromatic carbocycles. The summed E-state index contributed by atoms with van der Waals surface area (Å²) in [6.07, 6.45) is 4.69. The molecule has 1 fully saturated rings. The summed E-state index contributed by atoms with van der Waals surface area (Å²) < 4.78 is 5.75. The van der Waals surface area contributed by atoms with Gasteiger partial charge in [0.2, 0.25) is 0 Å². The molecule has 1 aliphatic rings. The third kappa shape index (κ3) is 2.56. The summed E-state index contributed by atoms with van der Waals surface area (Å²) in [6.45, 7) is 3.69. The summed E-state index contributed by atoms with van der Waals surface area (Å²) in [6, 6.07) is 0. The quantitative estimate of drug-likeness (QED) is 0.859. The minimum atomic E-state index is 0.238. The highest BCUT2D eigenvalue weighted by molar-refractivity contribution is 7.11. The van der Waals surface area contributed by atoms with Crippen LogP contribution in [0.2, 0.25) is 0 Å². The van der Waals surface area contributed by atoms with Crippen LogP contribution in [0.5, 0.6) is 0 Å². The topological polar surface area (TPSA) is 48.1 Å². The molecule has 2 N–H and O–H groups in total. The van der Waals surface area contributed by atoms with Gasteiger partial charge in [-0.25, -0.2) is 4.98 Å². The van der Waals surface area contributed by atoms with Crippen LogP contribution in [0.1, 0.15) is 40.9 Å². The van der Waals surface area contributed by atoms with Gasteiger partial charge in [0.1, 0.15) is 6.10 Å². The van der Waals surface area contributed by atoms with E-state index in [0.29, 0.717) is 6.54 Å². The molecule has 1 aliphatic heterocycles. The van der Waals surface area contributed by atoms with E-state index < -0.39 is 0 Å². The highest BCUT2D eigenvalue weighted by atomic mass is 32.1. The number of hydrogen-bond donors (Lipinski definition) is 1. The lowest BCUT2D eigenvalue weighted by Crippen LogP contribution is -2.13. The smallest absolute Gasteiger partial charge is 0.101 e. The molecule has 4 heteroatoms. The first kappa shape index (κ1) is 11.0. The predicted octanol–water partition coefficient (Wildman–Crippen LogP) is 2.19. The van der Waals surface area contributed by atoms with Crippen molar-refractivity contribution in [2.24, 2.45) is 5.73 Å². The minimum absolute atomic E-state index is 0.238. The van der Waals surface area contributed by atoms with Gasteiger partial charge in [0.25, 0.3) is 0 Å². The molecule has 1 saturated heterocycles. The molecule has 3 nitrogen and oxygen atoms in total. The number of aryl methyl sites for hydroxylation is 1. The van der Waals surface area contributed by atoms with Crippen LogP contribution in [-0.4, -0.2) is 18.1 Å². The molecule has 1 atom stereocenters. The molecule has 0 radical (unpaired) electrons.